The molecule has 4 heteroatoms. The fourth-order valence-corrected chi connectivity index (χ4v) is 2.43. The molecule has 0 heterocycles. The van der Waals surface area contributed by atoms with Gasteiger partial charge in [-0.05, 0) is 56.9 Å². The molecule has 1 aromatic carbocycles. The van der Waals surface area contributed by atoms with Crippen LogP contribution in [0.15, 0.2) is 24.3 Å². The van der Waals surface area contributed by atoms with E-state index in [1.54, 1.807) is 0 Å². The molecule has 4 nitrogen and oxygen atoms in total. The minimum absolute atomic E-state index is 0.0237. The quantitative estimate of drug-likeness (QED) is 0.779. The molecule has 0 aromatic heterocycles. The van der Waals surface area contributed by atoms with Crippen molar-refractivity contribution < 1.29 is 9.90 Å². The molecule has 0 unspecified atom stereocenters. The zero-order valence-corrected chi connectivity index (χ0v) is 11.4. The van der Waals surface area contributed by atoms with Crippen LogP contribution in [0, 0.1) is 0 Å². The summed E-state index contributed by atoms with van der Waals surface area (Å²) in [5.41, 5.74) is 1.72. The predicted octanol–water partition coefficient (Wildman–Crippen LogP) is 2.15. The molecular weight excluding hydrogens is 240 g/mol. The molecule has 1 amide bonds. The highest BCUT2D eigenvalue weighted by Crippen LogP contribution is 2.19. The van der Waals surface area contributed by atoms with Crippen LogP contribution < -0.4 is 10.6 Å². The van der Waals surface area contributed by atoms with Crippen LogP contribution in [0.4, 0.5) is 5.69 Å². The second-order valence-electron chi connectivity index (χ2n) is 5.09. The molecule has 3 N–H and O–H groups in total. The Balaban J connectivity index is 1.88. The van der Waals surface area contributed by atoms with E-state index in [0.717, 1.165) is 37.9 Å². The van der Waals surface area contributed by atoms with Crippen LogP contribution in [0.1, 0.15) is 43.0 Å². The van der Waals surface area contributed by atoms with Gasteiger partial charge in [0.05, 0.1) is 6.10 Å². The van der Waals surface area contributed by atoms with Crippen molar-refractivity contribution in [3.8, 4) is 0 Å². The molecule has 1 aliphatic carbocycles. The second-order valence-corrected chi connectivity index (χ2v) is 5.09. The summed E-state index contributed by atoms with van der Waals surface area (Å²) in [5, 5.41) is 15.7. The number of amides is 1. The Labute approximate surface area is 114 Å². The van der Waals surface area contributed by atoms with Crippen LogP contribution >= 0.6 is 0 Å². The lowest BCUT2D eigenvalue weighted by Gasteiger charge is -2.26. The van der Waals surface area contributed by atoms with Crippen molar-refractivity contribution in [1.29, 1.82) is 0 Å². The summed E-state index contributed by atoms with van der Waals surface area (Å²) in [5.74, 6) is -0.0237. The number of hydrogen-bond donors (Lipinski definition) is 3. The molecule has 104 valence electrons. The van der Waals surface area contributed by atoms with Crippen molar-refractivity contribution in [1.82, 2.24) is 5.32 Å². The van der Waals surface area contributed by atoms with E-state index in [2.05, 4.69) is 10.6 Å². The van der Waals surface area contributed by atoms with E-state index in [-0.39, 0.29) is 18.1 Å². The lowest BCUT2D eigenvalue weighted by molar-refractivity contribution is 0.0867. The van der Waals surface area contributed by atoms with Gasteiger partial charge in [0.1, 0.15) is 0 Å². The molecule has 1 aliphatic rings. The van der Waals surface area contributed by atoms with Gasteiger partial charge in [-0.25, -0.2) is 0 Å². The number of aliphatic hydroxyl groups excluding tert-OH is 1. The summed E-state index contributed by atoms with van der Waals surface area (Å²) in [6.45, 7) is 2.91. The Morgan fingerprint density at radius 3 is 2.42 bits per heavy atom. The highest BCUT2D eigenvalue weighted by molar-refractivity contribution is 5.94. The van der Waals surface area contributed by atoms with Gasteiger partial charge in [-0.3, -0.25) is 4.79 Å². The van der Waals surface area contributed by atoms with Crippen LogP contribution in [-0.4, -0.2) is 29.7 Å². The van der Waals surface area contributed by atoms with Crippen LogP contribution in [0.25, 0.3) is 0 Å². The van der Waals surface area contributed by atoms with Gasteiger partial charge in [0, 0.05) is 23.8 Å². The first-order valence-corrected chi connectivity index (χ1v) is 7.02. The number of carbonyl (C=O) groups is 1. The number of hydrogen-bond acceptors (Lipinski definition) is 3. The van der Waals surface area contributed by atoms with Crippen molar-refractivity contribution in [2.24, 2.45) is 0 Å². The van der Waals surface area contributed by atoms with Crippen molar-refractivity contribution in [2.75, 3.05) is 11.9 Å². The van der Waals surface area contributed by atoms with Gasteiger partial charge in [-0.1, -0.05) is 0 Å². The van der Waals surface area contributed by atoms with Gasteiger partial charge >= 0.3 is 0 Å². The third-order valence-electron chi connectivity index (χ3n) is 3.56. The van der Waals surface area contributed by atoms with E-state index in [4.69, 9.17) is 0 Å². The molecule has 0 radical (unpaired) electrons. The predicted molar refractivity (Wildman–Crippen MR) is 76.3 cm³/mol. The molecule has 1 saturated carbocycles. The monoisotopic (exact) mass is 262 g/mol. The first-order chi connectivity index (χ1) is 9.19. The topological polar surface area (TPSA) is 61.4 Å². The lowest BCUT2D eigenvalue weighted by atomic mass is 9.93. The van der Waals surface area contributed by atoms with Crippen molar-refractivity contribution in [2.45, 2.75) is 44.8 Å². The van der Waals surface area contributed by atoms with Gasteiger partial charge < -0.3 is 15.7 Å². The molecule has 0 atom stereocenters. The maximum absolute atomic E-state index is 12.1. The van der Waals surface area contributed by atoms with Crippen LogP contribution in [0.5, 0.6) is 0 Å². The Bertz CT molecular complexity index is 409. The number of benzene rings is 1. The Kier molecular flexibility index (Phi) is 4.80. The van der Waals surface area contributed by atoms with Gasteiger partial charge in [0.25, 0.3) is 5.91 Å². The molecular formula is C15H22N2O2. The summed E-state index contributed by atoms with van der Waals surface area (Å²) in [4.78, 5) is 12.1. The first kappa shape index (κ1) is 13.9. The molecule has 1 fully saturated rings. The van der Waals surface area contributed by atoms with E-state index < -0.39 is 0 Å². The zero-order chi connectivity index (χ0) is 13.7. The summed E-state index contributed by atoms with van der Waals surface area (Å²) in [7, 11) is 0. The number of nitrogens with one attached hydrogen (secondary N) is 2. The minimum Gasteiger partial charge on any atom is -0.393 e. The van der Waals surface area contributed by atoms with E-state index in [1.807, 2.05) is 31.2 Å². The zero-order valence-electron chi connectivity index (χ0n) is 11.4. The Morgan fingerprint density at radius 2 is 1.84 bits per heavy atom. The average Bonchev–Trinajstić information content (AvgIpc) is 2.42. The van der Waals surface area contributed by atoms with Crippen molar-refractivity contribution in [3.63, 3.8) is 0 Å². The highest BCUT2D eigenvalue weighted by atomic mass is 16.3. The fourth-order valence-electron chi connectivity index (χ4n) is 2.43. The largest absolute Gasteiger partial charge is 0.393 e. The maximum Gasteiger partial charge on any atom is 0.251 e. The summed E-state index contributed by atoms with van der Waals surface area (Å²) < 4.78 is 0. The van der Waals surface area contributed by atoms with Crippen molar-refractivity contribution >= 4 is 11.6 Å². The molecule has 0 spiro atoms. The molecule has 1 aromatic rings. The second kappa shape index (κ2) is 6.57. The van der Waals surface area contributed by atoms with E-state index in [1.165, 1.54) is 0 Å². The molecule has 0 saturated heterocycles. The van der Waals surface area contributed by atoms with Gasteiger partial charge in [-0.15, -0.1) is 0 Å². The van der Waals surface area contributed by atoms with E-state index >= 15 is 0 Å². The van der Waals surface area contributed by atoms with Gasteiger partial charge in [-0.2, -0.15) is 0 Å². The van der Waals surface area contributed by atoms with Crippen LogP contribution in [-0.2, 0) is 0 Å². The maximum atomic E-state index is 12.1. The molecule has 0 bridgehead atoms. The number of aliphatic hydroxyl groups is 1. The van der Waals surface area contributed by atoms with Crippen molar-refractivity contribution in [3.05, 3.63) is 29.8 Å². The SMILES string of the molecule is CCNc1ccc(C(=O)NC2CCC(O)CC2)cc1. The third kappa shape index (κ3) is 3.96. The van der Waals surface area contributed by atoms with E-state index in [0.29, 0.717) is 5.56 Å². The number of carbonyl (C=O) groups excluding carboxylic acids is 1. The number of rotatable bonds is 4. The van der Waals surface area contributed by atoms with Gasteiger partial charge in [0.2, 0.25) is 0 Å². The van der Waals surface area contributed by atoms with E-state index in [9.17, 15) is 9.90 Å². The minimum atomic E-state index is -0.187. The average molecular weight is 262 g/mol. The molecule has 2 rings (SSSR count). The van der Waals surface area contributed by atoms with Crippen LogP contribution in [0.3, 0.4) is 0 Å². The Morgan fingerprint density at radius 1 is 1.21 bits per heavy atom. The Hall–Kier alpha value is -1.55. The lowest BCUT2D eigenvalue weighted by Crippen LogP contribution is -2.38. The summed E-state index contributed by atoms with van der Waals surface area (Å²) >= 11 is 0. The smallest absolute Gasteiger partial charge is 0.251 e. The fraction of sp³-hybridized carbons (Fsp3) is 0.533. The first-order valence-electron chi connectivity index (χ1n) is 7.02. The summed E-state index contributed by atoms with van der Waals surface area (Å²) in [6.07, 6.45) is 3.10. The highest BCUT2D eigenvalue weighted by Gasteiger charge is 2.21. The normalized spacial score (nSPS) is 22.8. The molecule has 0 aliphatic heterocycles. The number of anilines is 1. The van der Waals surface area contributed by atoms with Gasteiger partial charge in [0.15, 0.2) is 0 Å². The standard InChI is InChI=1S/C15H22N2O2/c1-2-16-12-5-3-11(4-6-12)15(19)17-13-7-9-14(18)10-8-13/h3-6,13-14,16,18H,2,7-10H2,1H3,(H,17,19). The molecule has 19 heavy (non-hydrogen) atoms. The third-order valence-corrected chi connectivity index (χ3v) is 3.56. The van der Waals surface area contributed by atoms with Crippen LogP contribution in [0.2, 0.25) is 0 Å². The summed E-state index contributed by atoms with van der Waals surface area (Å²) in [6, 6.07) is 7.71.